The molecule has 0 unspecified atom stereocenters. The number of carboxylic acid groups (broad SMARTS) is 1. The van der Waals surface area contributed by atoms with E-state index in [-0.39, 0.29) is 24.1 Å². The average molecular weight is 392 g/mol. The van der Waals surface area contributed by atoms with Crippen LogP contribution in [-0.4, -0.2) is 43.3 Å². The first-order chi connectivity index (χ1) is 13.0. The maximum absolute atomic E-state index is 11.0. The van der Waals surface area contributed by atoms with Crippen LogP contribution in [0.5, 0.6) is 5.75 Å². The van der Waals surface area contributed by atoms with E-state index in [2.05, 4.69) is 24.5 Å². The van der Waals surface area contributed by atoms with Crippen molar-refractivity contribution in [2.75, 3.05) is 20.3 Å². The van der Waals surface area contributed by atoms with Crippen molar-refractivity contribution in [2.24, 2.45) is 0 Å². The summed E-state index contributed by atoms with van der Waals surface area (Å²) in [6.07, 6.45) is 0. The van der Waals surface area contributed by atoms with Crippen LogP contribution in [0.15, 0.2) is 66.8 Å². The Morgan fingerprint density at radius 1 is 0.857 bits per heavy atom. The number of carbonyl (C=O) groups excluding carboxylic acids is 2. The minimum absolute atomic E-state index is 0.176. The van der Waals surface area contributed by atoms with Crippen LogP contribution < -0.4 is 4.74 Å². The van der Waals surface area contributed by atoms with Crippen molar-refractivity contribution in [3.8, 4) is 5.75 Å². The Morgan fingerprint density at radius 3 is 1.64 bits per heavy atom. The van der Waals surface area contributed by atoms with Crippen LogP contribution in [0.4, 0.5) is 0 Å². The standard InChI is InChI=1S/C12H14O3.C5H8O2.C4H6O2/c1-10(2)12(13)15-9-8-14-11-6-4-3-5-7-11;1-4(2)5(6)7-3;1-3(2)4(5)6/h3-7H,1,8-9H2,2H3;1H2,2-3H3;1H2,2H3,(H,5,6). The van der Waals surface area contributed by atoms with Gasteiger partial charge in [-0.25, -0.2) is 14.4 Å². The minimum atomic E-state index is -0.935. The largest absolute Gasteiger partial charge is 0.490 e. The highest BCUT2D eigenvalue weighted by atomic mass is 16.6. The third-order valence-electron chi connectivity index (χ3n) is 2.58. The van der Waals surface area contributed by atoms with Crippen LogP contribution >= 0.6 is 0 Å². The van der Waals surface area contributed by atoms with Crippen LogP contribution in [0, 0.1) is 0 Å². The zero-order valence-corrected chi connectivity index (χ0v) is 16.8. The van der Waals surface area contributed by atoms with E-state index in [1.807, 2.05) is 30.3 Å². The molecule has 0 aromatic heterocycles. The van der Waals surface area contributed by atoms with E-state index in [1.54, 1.807) is 13.8 Å². The summed E-state index contributed by atoms with van der Waals surface area (Å²) < 4.78 is 14.5. The summed E-state index contributed by atoms with van der Waals surface area (Å²) in [5.74, 6) is -0.898. The van der Waals surface area contributed by atoms with Gasteiger partial charge in [-0.15, -0.1) is 0 Å². The maximum Gasteiger partial charge on any atom is 0.333 e. The molecule has 0 amide bonds. The number of methoxy groups -OCH3 is 1. The summed E-state index contributed by atoms with van der Waals surface area (Å²) in [5, 5.41) is 7.89. The summed E-state index contributed by atoms with van der Waals surface area (Å²) in [7, 11) is 1.33. The number of aliphatic carboxylic acids is 1. The molecule has 0 spiro atoms. The third kappa shape index (κ3) is 16.1. The van der Waals surface area contributed by atoms with Crippen LogP contribution in [0.1, 0.15) is 20.8 Å². The highest BCUT2D eigenvalue weighted by molar-refractivity contribution is 5.87. The second-order valence-electron chi connectivity index (χ2n) is 5.44. The number of benzene rings is 1. The van der Waals surface area contributed by atoms with Crippen LogP contribution in [0.3, 0.4) is 0 Å². The molecule has 7 nitrogen and oxygen atoms in total. The van der Waals surface area contributed by atoms with Gasteiger partial charge < -0.3 is 19.3 Å². The van der Waals surface area contributed by atoms with Gasteiger partial charge in [0.05, 0.1) is 7.11 Å². The second-order valence-corrected chi connectivity index (χ2v) is 5.44. The zero-order valence-electron chi connectivity index (χ0n) is 16.8. The number of hydrogen-bond acceptors (Lipinski definition) is 6. The SMILES string of the molecule is C=C(C)C(=O)O.C=C(C)C(=O)OC.C=C(C)C(=O)OCCOc1ccccc1. The molecule has 7 heteroatoms. The molecular formula is C21H28O7. The molecule has 154 valence electrons. The highest BCUT2D eigenvalue weighted by Crippen LogP contribution is 2.07. The number of esters is 2. The van der Waals surface area contributed by atoms with Crippen molar-refractivity contribution in [1.29, 1.82) is 0 Å². The lowest BCUT2D eigenvalue weighted by molar-refractivity contribution is -0.139. The molecule has 0 atom stereocenters. The van der Waals surface area contributed by atoms with Crippen molar-refractivity contribution >= 4 is 17.9 Å². The fourth-order valence-electron chi connectivity index (χ4n) is 1.11. The lowest BCUT2D eigenvalue weighted by Crippen LogP contribution is -2.12. The first-order valence-electron chi connectivity index (χ1n) is 8.16. The van der Waals surface area contributed by atoms with Gasteiger partial charge in [0.2, 0.25) is 0 Å². The third-order valence-corrected chi connectivity index (χ3v) is 2.58. The van der Waals surface area contributed by atoms with E-state index in [4.69, 9.17) is 14.6 Å². The van der Waals surface area contributed by atoms with Crippen LogP contribution in [0.25, 0.3) is 0 Å². The molecule has 0 aliphatic rings. The Kier molecular flexibility index (Phi) is 15.2. The van der Waals surface area contributed by atoms with Crippen LogP contribution in [0.2, 0.25) is 0 Å². The first kappa shape index (κ1) is 26.9. The summed E-state index contributed by atoms with van der Waals surface area (Å²) in [4.78, 5) is 30.8. The molecular weight excluding hydrogens is 364 g/mol. The fourth-order valence-corrected chi connectivity index (χ4v) is 1.11. The van der Waals surface area contributed by atoms with Gasteiger partial charge in [0.15, 0.2) is 0 Å². The number of hydrogen-bond donors (Lipinski definition) is 1. The van der Waals surface area contributed by atoms with Crippen molar-refractivity contribution in [1.82, 2.24) is 0 Å². The second kappa shape index (κ2) is 15.9. The number of carboxylic acids is 1. The number of rotatable bonds is 7. The summed E-state index contributed by atoms with van der Waals surface area (Å²) in [5.41, 5.74) is 1.01. The quantitative estimate of drug-likeness (QED) is 0.430. The number of ether oxygens (including phenoxy) is 3. The van der Waals surface area contributed by atoms with Gasteiger partial charge in [0.1, 0.15) is 19.0 Å². The molecule has 1 aromatic rings. The zero-order chi connectivity index (χ0) is 22.1. The van der Waals surface area contributed by atoms with Gasteiger partial charge >= 0.3 is 17.9 Å². The molecule has 28 heavy (non-hydrogen) atoms. The Balaban J connectivity index is 0. The first-order valence-corrected chi connectivity index (χ1v) is 8.16. The maximum atomic E-state index is 11.0. The van der Waals surface area contributed by atoms with E-state index in [1.165, 1.54) is 14.0 Å². The molecule has 0 aliphatic heterocycles. The lowest BCUT2D eigenvalue weighted by atomic mass is 10.3. The predicted octanol–water partition coefficient (Wildman–Crippen LogP) is 3.57. The molecule has 0 saturated heterocycles. The average Bonchev–Trinajstić information content (AvgIpc) is 2.65. The van der Waals surface area contributed by atoms with E-state index >= 15 is 0 Å². The highest BCUT2D eigenvalue weighted by Gasteiger charge is 2.02. The lowest BCUT2D eigenvalue weighted by Gasteiger charge is -2.06. The fraction of sp³-hybridized carbons (Fsp3) is 0.286. The Labute approximate surface area is 165 Å². The van der Waals surface area contributed by atoms with Crippen molar-refractivity contribution in [3.63, 3.8) is 0 Å². The van der Waals surface area contributed by atoms with E-state index in [0.29, 0.717) is 17.8 Å². The topological polar surface area (TPSA) is 99.1 Å². The molecule has 1 N–H and O–H groups in total. The van der Waals surface area contributed by atoms with Crippen LogP contribution in [-0.2, 0) is 23.9 Å². The van der Waals surface area contributed by atoms with Gasteiger partial charge in [-0.3, -0.25) is 0 Å². The summed E-state index contributed by atoms with van der Waals surface area (Å²) in [6, 6.07) is 9.37. The molecule has 1 rings (SSSR count). The molecule has 0 bridgehead atoms. The van der Waals surface area contributed by atoms with E-state index in [0.717, 1.165) is 5.75 Å². The molecule has 0 heterocycles. The Morgan fingerprint density at radius 2 is 1.32 bits per heavy atom. The number of carbonyl (C=O) groups is 3. The van der Waals surface area contributed by atoms with E-state index in [9.17, 15) is 14.4 Å². The van der Waals surface area contributed by atoms with Gasteiger partial charge in [0.25, 0.3) is 0 Å². The molecule has 0 aliphatic carbocycles. The van der Waals surface area contributed by atoms with Gasteiger partial charge in [-0.1, -0.05) is 37.9 Å². The molecule has 1 aromatic carbocycles. The normalized spacial score (nSPS) is 8.57. The number of para-hydroxylation sites is 1. The summed E-state index contributed by atoms with van der Waals surface area (Å²) >= 11 is 0. The van der Waals surface area contributed by atoms with Crippen molar-refractivity contribution in [3.05, 3.63) is 66.8 Å². The Bertz CT molecular complexity index is 663. The van der Waals surface area contributed by atoms with E-state index < -0.39 is 5.97 Å². The van der Waals surface area contributed by atoms with Gasteiger partial charge in [0, 0.05) is 16.7 Å². The van der Waals surface area contributed by atoms with Gasteiger partial charge in [-0.05, 0) is 32.9 Å². The molecule has 0 radical (unpaired) electrons. The smallest absolute Gasteiger partial charge is 0.333 e. The van der Waals surface area contributed by atoms with Crippen molar-refractivity contribution < 1.29 is 33.7 Å². The summed E-state index contributed by atoms with van der Waals surface area (Å²) in [6.45, 7) is 15.2. The minimum Gasteiger partial charge on any atom is -0.490 e. The monoisotopic (exact) mass is 392 g/mol. The van der Waals surface area contributed by atoms with Crippen molar-refractivity contribution in [2.45, 2.75) is 20.8 Å². The predicted molar refractivity (Wildman–Crippen MR) is 107 cm³/mol. The Hall–Kier alpha value is -3.35. The molecule has 0 fully saturated rings. The molecule has 0 saturated carbocycles. The van der Waals surface area contributed by atoms with Gasteiger partial charge in [-0.2, -0.15) is 0 Å².